The Bertz CT molecular complexity index is 832. The van der Waals surface area contributed by atoms with Crippen LogP contribution in [0.2, 0.25) is 0 Å². The first-order chi connectivity index (χ1) is 13.6. The van der Waals surface area contributed by atoms with Crippen molar-refractivity contribution < 1.29 is 5.11 Å². The highest BCUT2D eigenvalue weighted by Crippen LogP contribution is 2.52. The summed E-state index contributed by atoms with van der Waals surface area (Å²) in [5.74, 6) is 0.438. The maximum Gasteiger partial charge on any atom is 0.133 e. The lowest BCUT2D eigenvalue weighted by molar-refractivity contribution is 0.359. The van der Waals surface area contributed by atoms with E-state index >= 15 is 0 Å². The number of nitrogens with one attached hydrogen (secondary N) is 1. The van der Waals surface area contributed by atoms with Gasteiger partial charge in [-0.3, -0.25) is 5.32 Å². The van der Waals surface area contributed by atoms with E-state index in [1.807, 2.05) is 23.9 Å². The van der Waals surface area contributed by atoms with Gasteiger partial charge in [-0.2, -0.15) is 0 Å². The molecule has 2 aliphatic rings. The van der Waals surface area contributed by atoms with Gasteiger partial charge in [-0.05, 0) is 46.8 Å². The number of anilines is 1. The molecule has 2 aromatic rings. The third kappa shape index (κ3) is 3.85. The van der Waals surface area contributed by atoms with Crippen LogP contribution in [0.15, 0.2) is 29.2 Å². The Morgan fingerprint density at radius 1 is 1.14 bits per heavy atom. The zero-order chi connectivity index (χ0) is 19.7. The average Bonchev–Trinajstić information content (AvgIpc) is 3.05. The second-order valence-corrected chi connectivity index (χ2v) is 9.61. The number of nitrogens with zero attached hydrogens (tertiary/aromatic N) is 2. The zero-order valence-corrected chi connectivity index (χ0v) is 18.2. The molecule has 4 rings (SSSR count). The van der Waals surface area contributed by atoms with Gasteiger partial charge < -0.3 is 14.9 Å². The number of aromatic hydroxyl groups is 1. The lowest BCUT2D eigenvalue weighted by Crippen LogP contribution is -2.47. The summed E-state index contributed by atoms with van der Waals surface area (Å²) < 4.78 is 0. The van der Waals surface area contributed by atoms with Gasteiger partial charge in [0.15, 0.2) is 0 Å². The molecule has 0 aromatic heterocycles. The fraction of sp³-hybridized carbons (Fsp3) is 0.565. The number of phenolic OH excluding ortho intramolecular Hbond substituents is 1. The van der Waals surface area contributed by atoms with Crippen molar-refractivity contribution in [2.24, 2.45) is 0 Å². The normalized spacial score (nSPS) is 20.3. The minimum atomic E-state index is 0.254. The van der Waals surface area contributed by atoms with Crippen LogP contribution in [0.5, 0.6) is 5.75 Å². The third-order valence-electron chi connectivity index (χ3n) is 6.14. The van der Waals surface area contributed by atoms with E-state index in [4.69, 9.17) is 0 Å². The highest BCUT2D eigenvalue weighted by Gasteiger charge is 2.35. The van der Waals surface area contributed by atoms with E-state index in [-0.39, 0.29) is 5.50 Å². The first-order valence-electron chi connectivity index (χ1n) is 10.6. The van der Waals surface area contributed by atoms with Crippen LogP contribution in [0.4, 0.5) is 5.69 Å². The Balaban J connectivity index is 1.69. The Kier molecular flexibility index (Phi) is 6.04. The lowest BCUT2D eigenvalue weighted by atomic mass is 9.96. The van der Waals surface area contributed by atoms with Crippen LogP contribution in [0.25, 0.3) is 10.8 Å². The van der Waals surface area contributed by atoms with E-state index in [1.54, 1.807) is 0 Å². The molecule has 1 aliphatic carbocycles. The second-order valence-electron chi connectivity index (χ2n) is 8.52. The van der Waals surface area contributed by atoms with Crippen LogP contribution in [-0.4, -0.2) is 48.7 Å². The third-order valence-corrected chi connectivity index (χ3v) is 7.48. The van der Waals surface area contributed by atoms with E-state index < -0.39 is 0 Å². The van der Waals surface area contributed by atoms with Crippen molar-refractivity contribution in [1.82, 2.24) is 10.2 Å². The van der Waals surface area contributed by atoms with Gasteiger partial charge in [-0.1, -0.05) is 55.3 Å². The summed E-state index contributed by atoms with van der Waals surface area (Å²) >= 11 is 1.89. The molecule has 0 amide bonds. The Hall–Kier alpha value is -1.43. The fourth-order valence-electron chi connectivity index (χ4n) is 4.61. The standard InChI is InChI=1S/C23H33N3OS/c1-16-21(27)19-13-8-7-12-18(19)20-22(16)28-23(24-17-10-5-4-6-11-17)26(20)15-9-14-25(2)3/h7-8,12-13,17,23-24,27H,4-6,9-11,14-15H2,1-3H3. The number of fused-ring (bicyclic) bond motifs is 3. The van der Waals surface area contributed by atoms with E-state index in [0.29, 0.717) is 11.8 Å². The molecule has 4 nitrogen and oxygen atoms in total. The number of hydrogen-bond donors (Lipinski definition) is 2. The molecule has 0 bridgehead atoms. The van der Waals surface area contributed by atoms with Crippen LogP contribution in [-0.2, 0) is 0 Å². The van der Waals surface area contributed by atoms with Crippen LogP contribution in [0.1, 0.15) is 44.1 Å². The van der Waals surface area contributed by atoms with Gasteiger partial charge in [0.25, 0.3) is 0 Å². The molecule has 2 N–H and O–H groups in total. The topological polar surface area (TPSA) is 38.7 Å². The maximum atomic E-state index is 10.8. The number of phenols is 1. The molecule has 1 aliphatic heterocycles. The van der Waals surface area contributed by atoms with Gasteiger partial charge in [0.2, 0.25) is 0 Å². The summed E-state index contributed by atoms with van der Waals surface area (Å²) in [7, 11) is 4.28. The summed E-state index contributed by atoms with van der Waals surface area (Å²) in [6.45, 7) is 4.17. The first-order valence-corrected chi connectivity index (χ1v) is 11.5. The van der Waals surface area contributed by atoms with Crippen molar-refractivity contribution in [1.29, 1.82) is 0 Å². The summed E-state index contributed by atoms with van der Waals surface area (Å²) in [5.41, 5.74) is 2.58. The Labute approximate surface area is 173 Å². The molecule has 28 heavy (non-hydrogen) atoms. The Morgan fingerprint density at radius 2 is 1.86 bits per heavy atom. The zero-order valence-electron chi connectivity index (χ0n) is 17.4. The van der Waals surface area contributed by atoms with Crippen LogP contribution in [0.3, 0.4) is 0 Å². The highest BCUT2D eigenvalue weighted by molar-refractivity contribution is 8.00. The maximum absolute atomic E-state index is 10.8. The average molecular weight is 400 g/mol. The highest BCUT2D eigenvalue weighted by atomic mass is 32.2. The van der Waals surface area contributed by atoms with E-state index in [1.165, 1.54) is 48.1 Å². The molecule has 0 saturated heterocycles. The summed E-state index contributed by atoms with van der Waals surface area (Å²) in [5, 5.41) is 16.9. The molecule has 0 radical (unpaired) electrons. The monoisotopic (exact) mass is 399 g/mol. The summed E-state index contributed by atoms with van der Waals surface area (Å²) in [6.07, 6.45) is 7.75. The van der Waals surface area contributed by atoms with Crippen molar-refractivity contribution >= 4 is 28.2 Å². The largest absolute Gasteiger partial charge is 0.507 e. The van der Waals surface area contributed by atoms with Crippen molar-refractivity contribution in [3.63, 3.8) is 0 Å². The molecule has 1 heterocycles. The van der Waals surface area contributed by atoms with E-state index in [2.05, 4.69) is 48.3 Å². The molecule has 1 fully saturated rings. The predicted molar refractivity (Wildman–Crippen MR) is 121 cm³/mol. The van der Waals surface area contributed by atoms with Crippen LogP contribution in [0, 0.1) is 6.92 Å². The van der Waals surface area contributed by atoms with Gasteiger partial charge in [0.1, 0.15) is 11.2 Å². The van der Waals surface area contributed by atoms with E-state index in [9.17, 15) is 5.11 Å². The van der Waals surface area contributed by atoms with Crippen molar-refractivity contribution in [3.8, 4) is 5.75 Å². The molecule has 1 atom stereocenters. The molecule has 0 spiro atoms. The smallest absolute Gasteiger partial charge is 0.133 e. The molecule has 5 heteroatoms. The molecular weight excluding hydrogens is 366 g/mol. The van der Waals surface area contributed by atoms with Crippen LogP contribution < -0.4 is 10.2 Å². The summed E-state index contributed by atoms with van der Waals surface area (Å²) in [6, 6.07) is 8.92. The van der Waals surface area contributed by atoms with Gasteiger partial charge in [-0.15, -0.1) is 0 Å². The van der Waals surface area contributed by atoms with Crippen molar-refractivity contribution in [2.45, 2.75) is 61.9 Å². The molecule has 2 aromatic carbocycles. The minimum Gasteiger partial charge on any atom is -0.507 e. The molecule has 1 unspecified atom stereocenters. The number of hydrogen-bond acceptors (Lipinski definition) is 5. The quantitative estimate of drug-likeness (QED) is 0.721. The lowest BCUT2D eigenvalue weighted by Gasteiger charge is -2.33. The van der Waals surface area contributed by atoms with Gasteiger partial charge in [-0.25, -0.2) is 0 Å². The second kappa shape index (κ2) is 8.52. The Morgan fingerprint density at radius 3 is 2.57 bits per heavy atom. The van der Waals surface area contributed by atoms with Gasteiger partial charge >= 0.3 is 0 Å². The molecule has 152 valence electrons. The SMILES string of the molecule is Cc1c2c(c3ccccc3c1O)N(CCCN(C)C)C(NC1CCCCC1)S2. The van der Waals surface area contributed by atoms with Crippen LogP contribution >= 0.6 is 11.8 Å². The number of benzene rings is 2. The molecule has 1 saturated carbocycles. The van der Waals surface area contributed by atoms with Crippen molar-refractivity contribution in [2.75, 3.05) is 32.1 Å². The predicted octanol–water partition coefficient (Wildman–Crippen LogP) is 4.92. The number of thioether (sulfide) groups is 1. The molecular formula is C23H33N3OS. The first kappa shape index (κ1) is 19.9. The number of rotatable bonds is 6. The van der Waals surface area contributed by atoms with Gasteiger partial charge in [0, 0.05) is 33.8 Å². The fourth-order valence-corrected chi connectivity index (χ4v) is 6.04. The van der Waals surface area contributed by atoms with E-state index in [0.717, 1.165) is 30.5 Å². The summed E-state index contributed by atoms with van der Waals surface area (Å²) in [4.78, 5) is 6.06. The van der Waals surface area contributed by atoms with Crippen molar-refractivity contribution in [3.05, 3.63) is 29.8 Å². The minimum absolute atomic E-state index is 0.254. The van der Waals surface area contributed by atoms with Gasteiger partial charge in [0.05, 0.1) is 5.69 Å².